The van der Waals surface area contributed by atoms with Crippen molar-refractivity contribution < 1.29 is 4.79 Å². The van der Waals surface area contributed by atoms with Gasteiger partial charge in [-0.25, -0.2) is 0 Å². The van der Waals surface area contributed by atoms with Crippen LogP contribution < -0.4 is 10.6 Å². The van der Waals surface area contributed by atoms with Crippen LogP contribution in [0.1, 0.15) is 5.56 Å². The number of carbonyl (C=O) groups excluding carboxylic acids is 1. The molecule has 0 spiro atoms. The Morgan fingerprint density at radius 2 is 1.78 bits per heavy atom. The molecule has 116 valence electrons. The SMILES string of the molecule is Cc1ccc(NC(=O)CN(C)C)cc1NC(C#N)=C(C#N)C#N. The summed E-state index contributed by atoms with van der Waals surface area (Å²) in [5, 5.41) is 32.3. The zero-order chi connectivity index (χ0) is 17.4. The lowest BCUT2D eigenvalue weighted by Crippen LogP contribution is -2.27. The van der Waals surface area contributed by atoms with Gasteiger partial charge in [-0.05, 0) is 38.7 Å². The van der Waals surface area contributed by atoms with Gasteiger partial charge in [0.2, 0.25) is 5.91 Å². The van der Waals surface area contributed by atoms with Crippen LogP contribution in [0.5, 0.6) is 0 Å². The Balaban J connectivity index is 3.06. The van der Waals surface area contributed by atoms with E-state index in [0.717, 1.165) is 5.56 Å². The predicted octanol–water partition coefficient (Wildman–Crippen LogP) is 1.73. The molecule has 0 atom stereocenters. The first-order chi connectivity index (χ1) is 10.9. The molecule has 0 bridgehead atoms. The molecule has 0 aromatic heterocycles. The van der Waals surface area contributed by atoms with Crippen molar-refractivity contribution in [3.63, 3.8) is 0 Å². The molecule has 1 amide bonds. The number of benzene rings is 1. The van der Waals surface area contributed by atoms with Crippen molar-refractivity contribution in [2.75, 3.05) is 31.3 Å². The minimum atomic E-state index is -0.297. The first-order valence-electron chi connectivity index (χ1n) is 6.68. The first kappa shape index (κ1) is 17.7. The number of nitriles is 3. The average molecular weight is 308 g/mol. The minimum Gasteiger partial charge on any atom is -0.345 e. The van der Waals surface area contributed by atoms with Gasteiger partial charge in [0.25, 0.3) is 0 Å². The van der Waals surface area contributed by atoms with Gasteiger partial charge in [-0.15, -0.1) is 0 Å². The largest absolute Gasteiger partial charge is 0.345 e. The molecule has 0 fully saturated rings. The van der Waals surface area contributed by atoms with Gasteiger partial charge in [0, 0.05) is 11.4 Å². The third-order valence-corrected chi connectivity index (χ3v) is 2.83. The maximum Gasteiger partial charge on any atom is 0.238 e. The number of amides is 1. The highest BCUT2D eigenvalue weighted by Crippen LogP contribution is 2.22. The smallest absolute Gasteiger partial charge is 0.238 e. The Bertz CT molecular complexity index is 742. The second-order valence-corrected chi connectivity index (χ2v) is 5.03. The van der Waals surface area contributed by atoms with E-state index in [1.165, 1.54) is 0 Å². The molecule has 0 aliphatic rings. The maximum atomic E-state index is 11.8. The number of nitrogens with one attached hydrogen (secondary N) is 2. The average Bonchev–Trinajstić information content (AvgIpc) is 2.49. The Morgan fingerprint density at radius 3 is 2.30 bits per heavy atom. The van der Waals surface area contributed by atoms with E-state index in [1.54, 1.807) is 62.3 Å². The summed E-state index contributed by atoms with van der Waals surface area (Å²) >= 11 is 0. The summed E-state index contributed by atoms with van der Waals surface area (Å²) in [5.74, 6) is -0.171. The highest BCUT2D eigenvalue weighted by molar-refractivity contribution is 5.92. The molecule has 23 heavy (non-hydrogen) atoms. The normalized spacial score (nSPS) is 9.26. The van der Waals surface area contributed by atoms with Crippen LogP contribution in [0.3, 0.4) is 0 Å². The van der Waals surface area contributed by atoms with Crippen molar-refractivity contribution >= 4 is 17.3 Å². The van der Waals surface area contributed by atoms with Gasteiger partial charge in [-0.3, -0.25) is 4.79 Å². The van der Waals surface area contributed by atoms with E-state index in [0.29, 0.717) is 11.4 Å². The Labute approximate surface area is 135 Å². The second kappa shape index (κ2) is 8.19. The molecule has 7 heteroatoms. The highest BCUT2D eigenvalue weighted by atomic mass is 16.2. The number of allylic oxidation sites excluding steroid dienone is 2. The van der Waals surface area contributed by atoms with Crippen LogP contribution in [0.25, 0.3) is 0 Å². The fourth-order valence-corrected chi connectivity index (χ4v) is 1.74. The highest BCUT2D eigenvalue weighted by Gasteiger charge is 2.10. The third kappa shape index (κ3) is 5.17. The molecule has 0 saturated carbocycles. The van der Waals surface area contributed by atoms with Crippen LogP contribution in [0.2, 0.25) is 0 Å². The molecule has 0 aliphatic heterocycles. The topological polar surface area (TPSA) is 116 Å². The summed E-state index contributed by atoms with van der Waals surface area (Å²) in [6.45, 7) is 2.05. The maximum absolute atomic E-state index is 11.8. The lowest BCUT2D eigenvalue weighted by molar-refractivity contribution is -0.116. The van der Waals surface area contributed by atoms with Crippen molar-refractivity contribution in [2.45, 2.75) is 6.92 Å². The van der Waals surface area contributed by atoms with Crippen LogP contribution in [0.4, 0.5) is 11.4 Å². The summed E-state index contributed by atoms with van der Waals surface area (Å²) < 4.78 is 0. The predicted molar refractivity (Wildman–Crippen MR) is 85.9 cm³/mol. The molecule has 1 rings (SSSR count). The number of nitrogens with zero attached hydrogens (tertiary/aromatic N) is 4. The summed E-state index contributed by atoms with van der Waals surface area (Å²) in [6, 6.07) is 10.3. The van der Waals surface area contributed by atoms with E-state index in [9.17, 15) is 4.79 Å². The quantitative estimate of drug-likeness (QED) is 0.800. The molecule has 2 N–H and O–H groups in total. The number of hydrogen-bond donors (Lipinski definition) is 2. The van der Waals surface area contributed by atoms with E-state index >= 15 is 0 Å². The first-order valence-corrected chi connectivity index (χ1v) is 6.68. The molecule has 7 nitrogen and oxygen atoms in total. The van der Waals surface area contributed by atoms with Crippen molar-refractivity contribution in [1.82, 2.24) is 4.90 Å². The fraction of sp³-hybridized carbons (Fsp3) is 0.250. The summed E-state index contributed by atoms with van der Waals surface area (Å²) in [4.78, 5) is 13.5. The van der Waals surface area contributed by atoms with E-state index < -0.39 is 0 Å². The van der Waals surface area contributed by atoms with Crippen molar-refractivity contribution in [3.8, 4) is 18.2 Å². The Morgan fingerprint density at radius 1 is 1.13 bits per heavy atom. The fourth-order valence-electron chi connectivity index (χ4n) is 1.74. The summed E-state index contributed by atoms with van der Waals surface area (Å²) in [7, 11) is 3.58. The van der Waals surface area contributed by atoms with E-state index in [4.69, 9.17) is 15.8 Å². The lowest BCUT2D eigenvalue weighted by Gasteiger charge is -2.13. The molecule has 0 radical (unpaired) electrons. The summed E-state index contributed by atoms with van der Waals surface area (Å²) in [6.07, 6.45) is 0. The monoisotopic (exact) mass is 308 g/mol. The van der Waals surface area contributed by atoms with Gasteiger partial charge < -0.3 is 15.5 Å². The van der Waals surface area contributed by atoms with Gasteiger partial charge in [0.05, 0.1) is 6.54 Å². The van der Waals surface area contributed by atoms with E-state index in [-0.39, 0.29) is 23.7 Å². The van der Waals surface area contributed by atoms with E-state index in [2.05, 4.69) is 10.6 Å². The molecule has 0 unspecified atom stereocenters. The van der Waals surface area contributed by atoms with Gasteiger partial charge in [0.1, 0.15) is 23.9 Å². The summed E-state index contributed by atoms with van der Waals surface area (Å²) in [5.41, 5.74) is 1.47. The van der Waals surface area contributed by atoms with Crippen LogP contribution in [0.15, 0.2) is 29.5 Å². The molecule has 0 aliphatic carbocycles. The van der Waals surface area contributed by atoms with E-state index in [1.807, 2.05) is 0 Å². The lowest BCUT2D eigenvalue weighted by atomic mass is 10.1. The van der Waals surface area contributed by atoms with Crippen LogP contribution >= 0.6 is 0 Å². The number of carbonyl (C=O) groups is 1. The zero-order valence-corrected chi connectivity index (χ0v) is 13.1. The molecule has 1 aromatic rings. The standard InChI is InChI=1S/C16H16N6O/c1-11-4-5-13(20-16(23)10-22(2)3)6-14(11)21-15(9-19)12(7-17)8-18/h4-6,21H,10H2,1-3H3,(H,20,23). The van der Waals surface area contributed by atoms with Crippen molar-refractivity contribution in [3.05, 3.63) is 35.0 Å². The molecular formula is C16H16N6O. The van der Waals surface area contributed by atoms with Crippen molar-refractivity contribution in [2.24, 2.45) is 0 Å². The zero-order valence-electron chi connectivity index (χ0n) is 13.1. The minimum absolute atomic E-state index is 0.130. The van der Waals surface area contributed by atoms with Gasteiger partial charge in [0.15, 0.2) is 5.57 Å². The molecule has 0 saturated heterocycles. The number of rotatable bonds is 5. The molecular weight excluding hydrogens is 292 g/mol. The van der Waals surface area contributed by atoms with Crippen molar-refractivity contribution in [1.29, 1.82) is 15.8 Å². The number of aryl methyl sites for hydroxylation is 1. The Hall–Kier alpha value is -3.34. The van der Waals surface area contributed by atoms with Crippen LogP contribution in [-0.2, 0) is 4.79 Å². The van der Waals surface area contributed by atoms with Gasteiger partial charge in [-0.1, -0.05) is 6.07 Å². The molecule has 0 heterocycles. The Kier molecular flexibility index (Phi) is 6.30. The second-order valence-electron chi connectivity index (χ2n) is 5.03. The third-order valence-electron chi connectivity index (χ3n) is 2.83. The van der Waals surface area contributed by atoms with Gasteiger partial charge in [-0.2, -0.15) is 15.8 Å². The number of hydrogen-bond acceptors (Lipinski definition) is 6. The molecule has 1 aromatic carbocycles. The number of anilines is 2. The van der Waals surface area contributed by atoms with Crippen LogP contribution in [-0.4, -0.2) is 31.4 Å². The van der Waals surface area contributed by atoms with Crippen LogP contribution in [0, 0.1) is 40.9 Å². The number of likely N-dealkylation sites (N-methyl/N-ethyl adjacent to an activating group) is 1. The van der Waals surface area contributed by atoms with Gasteiger partial charge >= 0.3 is 0 Å².